The van der Waals surface area contributed by atoms with Gasteiger partial charge in [-0.05, 0) is 13.8 Å². The van der Waals surface area contributed by atoms with E-state index in [9.17, 15) is 0 Å². The van der Waals surface area contributed by atoms with Crippen molar-refractivity contribution >= 4 is 52.1 Å². The van der Waals surface area contributed by atoms with Crippen molar-refractivity contribution in [3.8, 4) is 0 Å². The second-order valence-electron chi connectivity index (χ2n) is 7.92. The first kappa shape index (κ1) is 33.4. The molecule has 0 amide bonds. The zero-order chi connectivity index (χ0) is 26.0. The minimum absolute atomic E-state index is 0. The maximum atomic E-state index is 8.89. The standard InChI is InChI=1S/C25H20NPS.2C2H4O2.2Ni/c1-4-12-21(13-5-1)27(22-14-6-2-7-15-22,23-16-8-3-9-17-23)20-28-25-19-11-10-18-24(25)26-27;2*1-2(3)4;;/h1-17,19-20,26H;2*1H3,(H,3,4);;/q-2;;;2*+2/p-2. The average molecular weight is 633 g/mol. The number of hydrogen-bond donors (Lipinski definition) is 1. The maximum absolute atomic E-state index is 8.89. The third kappa shape index (κ3) is 7.27. The van der Waals surface area contributed by atoms with Gasteiger partial charge in [-0.2, -0.15) is 0 Å². The number of rotatable bonds is 3. The van der Waals surface area contributed by atoms with Gasteiger partial charge in [0.25, 0.3) is 0 Å². The molecule has 0 aromatic heterocycles. The Labute approximate surface area is 248 Å². The second kappa shape index (κ2) is 15.1. The van der Waals surface area contributed by atoms with Crippen molar-refractivity contribution in [3.05, 3.63) is 121 Å². The fourth-order valence-electron chi connectivity index (χ4n) is 4.06. The molecule has 0 bridgehead atoms. The first-order valence-electron chi connectivity index (χ1n) is 11.1. The first-order valence-corrected chi connectivity index (χ1v) is 14.3. The Morgan fingerprint density at radius 3 is 1.45 bits per heavy atom. The van der Waals surface area contributed by atoms with Gasteiger partial charge in [0.05, 0.1) is 0 Å². The summed E-state index contributed by atoms with van der Waals surface area (Å²) in [5, 5.41) is 25.8. The van der Waals surface area contributed by atoms with Gasteiger partial charge in [0.2, 0.25) is 0 Å². The zero-order valence-electron chi connectivity index (χ0n) is 20.6. The fourth-order valence-corrected chi connectivity index (χ4v) is 11.8. The van der Waals surface area contributed by atoms with Crippen molar-refractivity contribution in [2.24, 2.45) is 0 Å². The summed E-state index contributed by atoms with van der Waals surface area (Å²) in [6.07, 6.45) is 0. The van der Waals surface area contributed by atoms with Crippen LogP contribution in [-0.4, -0.2) is 11.9 Å². The molecule has 202 valence electrons. The molecule has 0 fully saturated rings. The molecule has 5 rings (SSSR count). The number of aliphatic carboxylic acids is 2. The fraction of sp³-hybridized carbons (Fsp3) is 0.0690. The Morgan fingerprint density at radius 1 is 0.711 bits per heavy atom. The first-order chi connectivity index (χ1) is 17.3. The monoisotopic (exact) mass is 631 g/mol. The molecule has 0 atom stereocenters. The third-order valence-electron chi connectivity index (χ3n) is 5.43. The van der Waals surface area contributed by atoms with E-state index >= 15 is 0 Å². The van der Waals surface area contributed by atoms with Gasteiger partial charge in [0.15, 0.2) is 0 Å². The predicted molar refractivity (Wildman–Crippen MR) is 146 cm³/mol. The number of anilines is 1. The van der Waals surface area contributed by atoms with Crippen LogP contribution in [-0.2, 0) is 42.6 Å². The second-order valence-corrected chi connectivity index (χ2v) is 13.6. The summed E-state index contributed by atoms with van der Waals surface area (Å²) in [4.78, 5) is 19.0. The van der Waals surface area contributed by atoms with E-state index in [2.05, 4.69) is 120 Å². The predicted octanol–water partition coefficient (Wildman–Crippen LogP) is 3.08. The molecular formula is C29H26NNi2O4PS. The number of fused-ring (bicyclic) bond motifs is 1. The molecule has 1 aliphatic heterocycles. The molecule has 0 aliphatic carbocycles. The van der Waals surface area contributed by atoms with Gasteiger partial charge >= 0.3 is 204 Å². The van der Waals surface area contributed by atoms with Crippen molar-refractivity contribution in [1.82, 2.24) is 0 Å². The van der Waals surface area contributed by atoms with Crippen LogP contribution in [0.4, 0.5) is 5.69 Å². The Balaban J connectivity index is 0.000000642. The number of thioether (sulfide) groups is 1. The SMILES string of the molecule is CC(=O)[O-].CC(=O)[O-].[Ni+2].[Ni+2].[c-]1cccc2c1NP(c1ccccc1)(c1ccccc1)(c1ccccc1)[CH-]S2. The van der Waals surface area contributed by atoms with Crippen molar-refractivity contribution < 1.29 is 52.8 Å². The molecular weight excluding hydrogens is 607 g/mol. The summed E-state index contributed by atoms with van der Waals surface area (Å²) in [6.45, 7) is -1.13. The molecule has 0 radical (unpaired) electrons. The van der Waals surface area contributed by atoms with Gasteiger partial charge in [-0.15, -0.1) is 0 Å². The molecule has 0 saturated heterocycles. The average Bonchev–Trinajstić information content (AvgIpc) is 2.89. The van der Waals surface area contributed by atoms with Crippen molar-refractivity contribution in [2.75, 3.05) is 5.09 Å². The summed E-state index contributed by atoms with van der Waals surface area (Å²) >= 11 is 1.82. The quantitative estimate of drug-likeness (QED) is 0.212. The Bertz CT molecular complexity index is 1190. The van der Waals surface area contributed by atoms with E-state index in [1.165, 1.54) is 20.8 Å². The summed E-state index contributed by atoms with van der Waals surface area (Å²) in [5.41, 5.74) is 3.55. The molecule has 4 aromatic carbocycles. The van der Waals surface area contributed by atoms with Crippen LogP contribution in [0.25, 0.3) is 0 Å². The summed E-state index contributed by atoms with van der Waals surface area (Å²) in [5.74, 6) is -2.17. The third-order valence-corrected chi connectivity index (χ3v) is 12.9. The Hall–Kier alpha value is -2.61. The van der Waals surface area contributed by atoms with Crippen LogP contribution < -0.4 is 31.2 Å². The summed E-state index contributed by atoms with van der Waals surface area (Å²) in [6, 6.07) is 42.3. The van der Waals surface area contributed by atoms with Gasteiger partial charge in [-0.25, -0.2) is 0 Å². The molecule has 1 N–H and O–H groups in total. The van der Waals surface area contributed by atoms with Crippen LogP contribution >= 0.6 is 18.5 Å². The van der Waals surface area contributed by atoms with E-state index in [1.807, 2.05) is 17.8 Å². The number of para-hydroxylation sites is 1. The van der Waals surface area contributed by atoms with Gasteiger partial charge in [0.1, 0.15) is 0 Å². The molecule has 4 aromatic rings. The van der Waals surface area contributed by atoms with Crippen LogP contribution in [0.15, 0.2) is 114 Å². The number of nitrogens with one attached hydrogen (secondary N) is 1. The minimum atomic E-state index is -3.07. The van der Waals surface area contributed by atoms with Crippen LogP contribution in [0.2, 0.25) is 0 Å². The normalized spacial score (nSPS) is 14.6. The summed E-state index contributed by atoms with van der Waals surface area (Å²) in [7, 11) is 0. The van der Waals surface area contributed by atoms with E-state index in [0.717, 1.165) is 19.5 Å². The van der Waals surface area contributed by atoms with Crippen LogP contribution in [0.1, 0.15) is 13.8 Å². The molecule has 9 heteroatoms. The van der Waals surface area contributed by atoms with E-state index in [-0.39, 0.29) is 33.0 Å². The van der Waals surface area contributed by atoms with E-state index in [1.54, 1.807) is 0 Å². The van der Waals surface area contributed by atoms with E-state index in [0.29, 0.717) is 0 Å². The molecule has 0 spiro atoms. The number of benzene rings is 4. The number of hydrogen-bond acceptors (Lipinski definition) is 6. The van der Waals surface area contributed by atoms with Gasteiger partial charge in [-0.1, -0.05) is 0 Å². The van der Waals surface area contributed by atoms with Crippen molar-refractivity contribution in [1.29, 1.82) is 0 Å². The van der Waals surface area contributed by atoms with Crippen LogP contribution in [0, 0.1) is 11.6 Å². The van der Waals surface area contributed by atoms with Crippen molar-refractivity contribution in [3.63, 3.8) is 0 Å². The van der Waals surface area contributed by atoms with Crippen LogP contribution in [0.5, 0.6) is 0 Å². The summed E-state index contributed by atoms with van der Waals surface area (Å²) < 4.78 is 0. The van der Waals surface area contributed by atoms with Gasteiger partial charge in [0, 0.05) is 11.9 Å². The number of carbonyl (C=O) groups is 2. The molecule has 0 unspecified atom stereocenters. The molecule has 0 saturated carbocycles. The topological polar surface area (TPSA) is 92.3 Å². The molecule has 1 aliphatic rings. The Kier molecular flexibility index (Phi) is 13.3. The van der Waals surface area contributed by atoms with E-state index < -0.39 is 18.7 Å². The van der Waals surface area contributed by atoms with E-state index in [4.69, 9.17) is 19.8 Å². The Morgan fingerprint density at radius 2 is 1.08 bits per heavy atom. The number of carboxylic acids is 2. The van der Waals surface area contributed by atoms with Crippen molar-refractivity contribution in [2.45, 2.75) is 18.7 Å². The molecule has 38 heavy (non-hydrogen) atoms. The number of carbonyl (C=O) groups excluding carboxylic acids is 2. The number of carboxylic acid groups (broad SMARTS) is 2. The molecule has 5 nitrogen and oxygen atoms in total. The van der Waals surface area contributed by atoms with Gasteiger partial charge in [-0.3, -0.25) is 0 Å². The van der Waals surface area contributed by atoms with Gasteiger partial charge < -0.3 is 19.8 Å². The zero-order valence-corrected chi connectivity index (χ0v) is 24.3. The van der Waals surface area contributed by atoms with Crippen LogP contribution in [0.3, 0.4) is 0 Å². The molecule has 1 heterocycles.